The minimum Gasteiger partial charge on any atom is -0.453 e. The fourth-order valence-electron chi connectivity index (χ4n) is 3.40. The third-order valence-electron chi connectivity index (χ3n) is 4.68. The Hall–Kier alpha value is -2.86. The lowest BCUT2D eigenvalue weighted by molar-refractivity contribution is -0.118. The summed E-state index contributed by atoms with van der Waals surface area (Å²) in [4.78, 5) is 26.7. The summed E-state index contributed by atoms with van der Waals surface area (Å²) in [7, 11) is 0. The summed E-state index contributed by atoms with van der Waals surface area (Å²) in [5, 5.41) is 2.97. The number of nitrogens with one attached hydrogen (secondary N) is 1. The SMILES string of the molecule is O=C(C[C@@H]1OC(=O)c2ccccc21)Nc1ccccc1N1CCOCC1. The molecule has 1 atom stereocenters. The van der Waals surface area contributed by atoms with Gasteiger partial charge < -0.3 is 19.7 Å². The van der Waals surface area contributed by atoms with E-state index >= 15 is 0 Å². The molecule has 2 aliphatic heterocycles. The van der Waals surface area contributed by atoms with Gasteiger partial charge >= 0.3 is 5.97 Å². The van der Waals surface area contributed by atoms with Gasteiger partial charge in [0.05, 0.1) is 36.6 Å². The number of carbonyl (C=O) groups excluding carboxylic acids is 2. The van der Waals surface area contributed by atoms with Crippen molar-refractivity contribution in [3.05, 3.63) is 59.7 Å². The number of hydrogen-bond acceptors (Lipinski definition) is 5. The number of amides is 1. The molecular formula is C20H20N2O4. The van der Waals surface area contributed by atoms with Gasteiger partial charge in [0.15, 0.2) is 0 Å². The molecule has 0 unspecified atom stereocenters. The number of carbonyl (C=O) groups is 2. The average Bonchev–Trinajstić information content (AvgIpc) is 2.99. The molecule has 6 nitrogen and oxygen atoms in total. The van der Waals surface area contributed by atoms with Gasteiger partial charge in [-0.2, -0.15) is 0 Å². The number of cyclic esters (lactones) is 1. The highest BCUT2D eigenvalue weighted by Gasteiger charge is 2.32. The topological polar surface area (TPSA) is 67.9 Å². The van der Waals surface area contributed by atoms with Gasteiger partial charge in [-0.1, -0.05) is 30.3 Å². The number of para-hydroxylation sites is 2. The van der Waals surface area contributed by atoms with Crippen LogP contribution in [0.5, 0.6) is 0 Å². The van der Waals surface area contributed by atoms with Crippen molar-refractivity contribution in [2.24, 2.45) is 0 Å². The molecule has 0 radical (unpaired) electrons. The van der Waals surface area contributed by atoms with Crippen molar-refractivity contribution < 1.29 is 19.1 Å². The third kappa shape index (κ3) is 3.28. The zero-order chi connectivity index (χ0) is 17.9. The number of rotatable bonds is 4. The predicted molar refractivity (Wildman–Crippen MR) is 97.3 cm³/mol. The van der Waals surface area contributed by atoms with Gasteiger partial charge in [0.25, 0.3) is 0 Å². The Kier molecular flexibility index (Phi) is 4.58. The molecule has 1 saturated heterocycles. The molecule has 0 aromatic heterocycles. The molecule has 134 valence electrons. The molecule has 2 heterocycles. The molecule has 0 aliphatic carbocycles. The van der Waals surface area contributed by atoms with Gasteiger partial charge in [0.2, 0.25) is 5.91 Å². The number of benzene rings is 2. The minimum absolute atomic E-state index is 0.0974. The molecule has 2 aromatic rings. The highest BCUT2D eigenvalue weighted by molar-refractivity contribution is 5.97. The smallest absolute Gasteiger partial charge is 0.339 e. The van der Waals surface area contributed by atoms with Crippen molar-refractivity contribution in [1.82, 2.24) is 0 Å². The van der Waals surface area contributed by atoms with E-state index in [1.54, 1.807) is 12.1 Å². The Morgan fingerprint density at radius 3 is 2.65 bits per heavy atom. The molecule has 0 saturated carbocycles. The first-order chi connectivity index (χ1) is 12.7. The van der Waals surface area contributed by atoms with E-state index in [0.717, 1.165) is 30.0 Å². The molecule has 0 bridgehead atoms. The fourth-order valence-corrected chi connectivity index (χ4v) is 3.40. The van der Waals surface area contributed by atoms with Crippen molar-refractivity contribution >= 4 is 23.3 Å². The normalized spacial score (nSPS) is 19.0. The lowest BCUT2D eigenvalue weighted by Gasteiger charge is -2.30. The van der Waals surface area contributed by atoms with Gasteiger partial charge in [-0.05, 0) is 18.2 Å². The molecule has 6 heteroatoms. The van der Waals surface area contributed by atoms with Crippen molar-refractivity contribution in [2.75, 3.05) is 36.5 Å². The number of esters is 1. The maximum absolute atomic E-state index is 12.6. The van der Waals surface area contributed by atoms with E-state index in [0.29, 0.717) is 18.8 Å². The van der Waals surface area contributed by atoms with Gasteiger partial charge in [-0.3, -0.25) is 4.79 Å². The van der Waals surface area contributed by atoms with E-state index in [1.807, 2.05) is 36.4 Å². The summed E-state index contributed by atoms with van der Waals surface area (Å²) in [5.41, 5.74) is 3.05. The van der Waals surface area contributed by atoms with E-state index in [1.165, 1.54) is 0 Å². The molecule has 2 aliphatic rings. The lowest BCUT2D eigenvalue weighted by Crippen LogP contribution is -2.36. The number of ether oxygens (including phenoxy) is 2. The van der Waals surface area contributed by atoms with Crippen molar-refractivity contribution in [2.45, 2.75) is 12.5 Å². The van der Waals surface area contributed by atoms with Crippen LogP contribution in [0, 0.1) is 0 Å². The van der Waals surface area contributed by atoms with Crippen molar-refractivity contribution in [1.29, 1.82) is 0 Å². The van der Waals surface area contributed by atoms with E-state index in [-0.39, 0.29) is 18.3 Å². The van der Waals surface area contributed by atoms with Crippen LogP contribution < -0.4 is 10.2 Å². The zero-order valence-corrected chi connectivity index (χ0v) is 14.3. The summed E-state index contributed by atoms with van der Waals surface area (Å²) in [6.07, 6.45) is -0.436. The molecule has 0 spiro atoms. The Bertz CT molecular complexity index is 830. The van der Waals surface area contributed by atoms with Gasteiger partial charge in [-0.25, -0.2) is 4.79 Å². The monoisotopic (exact) mass is 352 g/mol. The van der Waals surface area contributed by atoms with Crippen LogP contribution in [0.15, 0.2) is 48.5 Å². The zero-order valence-electron chi connectivity index (χ0n) is 14.3. The molecule has 26 heavy (non-hydrogen) atoms. The van der Waals surface area contributed by atoms with Gasteiger partial charge in [-0.15, -0.1) is 0 Å². The highest BCUT2D eigenvalue weighted by atomic mass is 16.5. The first kappa shape index (κ1) is 16.6. The summed E-state index contributed by atoms with van der Waals surface area (Å²) >= 11 is 0. The second kappa shape index (κ2) is 7.17. The third-order valence-corrected chi connectivity index (χ3v) is 4.68. The Labute approximate surface area is 151 Å². The number of fused-ring (bicyclic) bond motifs is 1. The largest absolute Gasteiger partial charge is 0.453 e. The number of nitrogens with zero attached hydrogens (tertiary/aromatic N) is 1. The maximum Gasteiger partial charge on any atom is 0.339 e. The fraction of sp³-hybridized carbons (Fsp3) is 0.300. The molecule has 2 aromatic carbocycles. The van der Waals surface area contributed by atoms with Gasteiger partial charge in [0.1, 0.15) is 6.10 Å². The van der Waals surface area contributed by atoms with Crippen LogP contribution >= 0.6 is 0 Å². The number of morpholine rings is 1. The van der Waals surface area contributed by atoms with Crippen LogP contribution in [0.2, 0.25) is 0 Å². The van der Waals surface area contributed by atoms with Crippen LogP contribution in [-0.4, -0.2) is 38.2 Å². The summed E-state index contributed by atoms with van der Waals surface area (Å²) in [6.45, 7) is 2.94. The average molecular weight is 352 g/mol. The standard InChI is InChI=1S/C20H20N2O4/c23-19(13-18-14-5-1-2-6-15(14)20(24)26-18)21-16-7-3-4-8-17(16)22-9-11-25-12-10-22/h1-8,18H,9-13H2,(H,21,23)/t18-/m0/s1. The molecule has 4 rings (SSSR count). The van der Waals surface area contributed by atoms with Crippen molar-refractivity contribution in [3.8, 4) is 0 Å². The van der Waals surface area contributed by atoms with Crippen molar-refractivity contribution in [3.63, 3.8) is 0 Å². The maximum atomic E-state index is 12.6. The number of anilines is 2. The minimum atomic E-state index is -0.533. The van der Waals surface area contributed by atoms with Gasteiger partial charge in [0, 0.05) is 18.7 Å². The summed E-state index contributed by atoms with van der Waals surface area (Å²) in [6, 6.07) is 14.9. The Morgan fingerprint density at radius 1 is 1.08 bits per heavy atom. The van der Waals surface area contributed by atoms with E-state index in [2.05, 4.69) is 10.2 Å². The molecule has 1 N–H and O–H groups in total. The Morgan fingerprint density at radius 2 is 1.81 bits per heavy atom. The van der Waals surface area contributed by atoms with Crippen LogP contribution in [0.25, 0.3) is 0 Å². The second-order valence-electron chi connectivity index (χ2n) is 6.35. The van der Waals surface area contributed by atoms with Crippen LogP contribution in [0.4, 0.5) is 11.4 Å². The summed E-state index contributed by atoms with van der Waals surface area (Å²) < 4.78 is 10.8. The molecule has 1 amide bonds. The van der Waals surface area contributed by atoms with Crippen LogP contribution in [0.3, 0.4) is 0 Å². The van der Waals surface area contributed by atoms with E-state index in [9.17, 15) is 9.59 Å². The Balaban J connectivity index is 1.47. The van der Waals surface area contributed by atoms with Crippen LogP contribution in [-0.2, 0) is 14.3 Å². The first-order valence-corrected chi connectivity index (χ1v) is 8.74. The second-order valence-corrected chi connectivity index (χ2v) is 6.35. The first-order valence-electron chi connectivity index (χ1n) is 8.74. The quantitative estimate of drug-likeness (QED) is 0.857. The molecular weight excluding hydrogens is 332 g/mol. The molecule has 1 fully saturated rings. The lowest BCUT2D eigenvalue weighted by atomic mass is 10.0. The summed E-state index contributed by atoms with van der Waals surface area (Å²) in [5.74, 6) is -0.549. The van der Waals surface area contributed by atoms with Crippen LogP contribution in [0.1, 0.15) is 28.4 Å². The number of hydrogen-bond donors (Lipinski definition) is 1. The van der Waals surface area contributed by atoms with E-state index < -0.39 is 6.10 Å². The predicted octanol–water partition coefficient (Wildman–Crippen LogP) is 2.76. The van der Waals surface area contributed by atoms with E-state index in [4.69, 9.17) is 9.47 Å². The highest BCUT2D eigenvalue weighted by Crippen LogP contribution is 2.33.